The third kappa shape index (κ3) is 3.11. The van der Waals surface area contributed by atoms with Gasteiger partial charge in [-0.1, -0.05) is 12.1 Å². The van der Waals surface area contributed by atoms with Crippen molar-refractivity contribution in [3.05, 3.63) is 41.3 Å². The maximum Gasteiger partial charge on any atom is 0.225 e. The van der Waals surface area contributed by atoms with Gasteiger partial charge in [0.15, 0.2) is 0 Å². The highest BCUT2D eigenvalue weighted by Gasteiger charge is 2.06. The van der Waals surface area contributed by atoms with E-state index in [-0.39, 0.29) is 5.28 Å². The Morgan fingerprint density at radius 1 is 1.24 bits per heavy atom. The molecule has 17 heavy (non-hydrogen) atoms. The van der Waals surface area contributed by atoms with Gasteiger partial charge in [-0.05, 0) is 36.9 Å². The highest BCUT2D eigenvalue weighted by atomic mass is 35.5. The Morgan fingerprint density at radius 3 is 2.71 bits per heavy atom. The number of ether oxygens (including phenoxy) is 1. The average Bonchev–Trinajstić information content (AvgIpc) is 2.28. The Bertz CT molecular complexity index is 513. The lowest BCUT2D eigenvalue weighted by atomic mass is 10.3. The topological polar surface area (TPSA) is 35.0 Å². The number of halogens is 1. The molecule has 0 unspecified atom stereocenters. The largest absolute Gasteiger partial charge is 0.438 e. The number of hydrogen-bond donors (Lipinski definition) is 0. The molecule has 1 heterocycles. The first-order valence-corrected chi connectivity index (χ1v) is 6.61. The van der Waals surface area contributed by atoms with Crippen molar-refractivity contribution in [3.63, 3.8) is 0 Å². The van der Waals surface area contributed by atoms with E-state index in [4.69, 9.17) is 16.3 Å². The molecule has 0 saturated heterocycles. The van der Waals surface area contributed by atoms with Crippen LogP contribution in [0, 0.1) is 6.92 Å². The quantitative estimate of drug-likeness (QED) is 0.622. The predicted molar refractivity (Wildman–Crippen MR) is 70.1 cm³/mol. The molecule has 0 spiro atoms. The molecule has 88 valence electrons. The lowest BCUT2D eigenvalue weighted by Gasteiger charge is -2.08. The number of benzene rings is 1. The minimum Gasteiger partial charge on any atom is -0.438 e. The highest BCUT2D eigenvalue weighted by molar-refractivity contribution is 7.98. The zero-order chi connectivity index (χ0) is 12.3. The fourth-order valence-electron chi connectivity index (χ4n) is 1.37. The molecule has 0 atom stereocenters. The van der Waals surface area contributed by atoms with Gasteiger partial charge >= 0.3 is 0 Å². The van der Waals surface area contributed by atoms with Crippen LogP contribution in [0.1, 0.15) is 5.69 Å². The molecule has 0 aliphatic carbocycles. The van der Waals surface area contributed by atoms with Gasteiger partial charge in [-0.25, -0.2) is 4.98 Å². The van der Waals surface area contributed by atoms with Crippen LogP contribution in [0.4, 0.5) is 0 Å². The second-order valence-corrected chi connectivity index (χ2v) is 4.56. The zero-order valence-electron chi connectivity index (χ0n) is 9.48. The summed E-state index contributed by atoms with van der Waals surface area (Å²) < 4.78 is 5.71. The van der Waals surface area contributed by atoms with Gasteiger partial charge in [-0.2, -0.15) is 4.98 Å². The fraction of sp³-hybridized carbons (Fsp3) is 0.167. The number of rotatable bonds is 3. The van der Waals surface area contributed by atoms with Gasteiger partial charge in [0.25, 0.3) is 0 Å². The van der Waals surface area contributed by atoms with Crippen LogP contribution < -0.4 is 4.74 Å². The van der Waals surface area contributed by atoms with E-state index in [0.29, 0.717) is 5.88 Å². The van der Waals surface area contributed by atoms with Crippen molar-refractivity contribution in [1.29, 1.82) is 0 Å². The van der Waals surface area contributed by atoms with Crippen molar-refractivity contribution in [1.82, 2.24) is 9.97 Å². The van der Waals surface area contributed by atoms with Crippen LogP contribution in [-0.2, 0) is 0 Å². The Kier molecular flexibility index (Phi) is 3.86. The number of aryl methyl sites for hydroxylation is 1. The summed E-state index contributed by atoms with van der Waals surface area (Å²) in [5.74, 6) is 1.23. The van der Waals surface area contributed by atoms with E-state index >= 15 is 0 Å². The van der Waals surface area contributed by atoms with Crippen molar-refractivity contribution in [2.24, 2.45) is 0 Å². The predicted octanol–water partition coefficient (Wildman–Crippen LogP) is 3.95. The van der Waals surface area contributed by atoms with Crippen molar-refractivity contribution >= 4 is 23.4 Å². The lowest BCUT2D eigenvalue weighted by Crippen LogP contribution is -1.93. The van der Waals surface area contributed by atoms with Gasteiger partial charge in [0.2, 0.25) is 11.2 Å². The summed E-state index contributed by atoms with van der Waals surface area (Å²) >= 11 is 7.40. The molecule has 2 rings (SSSR count). The first-order valence-electron chi connectivity index (χ1n) is 5.01. The average molecular weight is 267 g/mol. The molecule has 3 nitrogen and oxygen atoms in total. The third-order valence-electron chi connectivity index (χ3n) is 2.09. The second-order valence-electron chi connectivity index (χ2n) is 3.37. The monoisotopic (exact) mass is 266 g/mol. The van der Waals surface area contributed by atoms with Crippen molar-refractivity contribution < 1.29 is 4.74 Å². The SMILES string of the molecule is CSc1ccccc1Oc1cc(C)nc(Cl)n1. The van der Waals surface area contributed by atoms with E-state index in [1.807, 2.05) is 37.4 Å². The molecule has 0 amide bonds. The standard InChI is InChI=1S/C12H11ClN2OS/c1-8-7-11(15-12(13)14-8)16-9-5-3-4-6-10(9)17-2/h3-7H,1-2H3. The molecule has 0 aliphatic rings. The molecule has 0 aliphatic heterocycles. The van der Waals surface area contributed by atoms with E-state index in [9.17, 15) is 0 Å². The number of hydrogen-bond acceptors (Lipinski definition) is 4. The molecule has 0 radical (unpaired) electrons. The van der Waals surface area contributed by atoms with Crippen LogP contribution >= 0.6 is 23.4 Å². The second kappa shape index (κ2) is 5.38. The van der Waals surface area contributed by atoms with Crippen LogP contribution in [0.15, 0.2) is 35.2 Å². The van der Waals surface area contributed by atoms with Gasteiger partial charge in [-0.15, -0.1) is 11.8 Å². The normalized spacial score (nSPS) is 10.3. The van der Waals surface area contributed by atoms with Gasteiger partial charge in [0.1, 0.15) is 5.75 Å². The van der Waals surface area contributed by atoms with Crippen LogP contribution in [0.3, 0.4) is 0 Å². The molecule has 0 N–H and O–H groups in total. The molecule has 5 heteroatoms. The van der Waals surface area contributed by atoms with Crippen LogP contribution in [0.2, 0.25) is 5.28 Å². The molecule has 0 saturated carbocycles. The zero-order valence-corrected chi connectivity index (χ0v) is 11.0. The Hall–Kier alpha value is -1.26. The molecular weight excluding hydrogens is 256 g/mol. The summed E-state index contributed by atoms with van der Waals surface area (Å²) in [6.45, 7) is 1.85. The molecule has 0 bridgehead atoms. The Morgan fingerprint density at radius 2 is 2.00 bits per heavy atom. The van der Waals surface area contributed by atoms with Gasteiger partial charge in [-0.3, -0.25) is 0 Å². The summed E-state index contributed by atoms with van der Waals surface area (Å²) in [5.41, 5.74) is 0.779. The maximum atomic E-state index is 5.78. The summed E-state index contributed by atoms with van der Waals surface area (Å²) in [7, 11) is 0. The minimum atomic E-state index is 0.196. The third-order valence-corrected chi connectivity index (χ3v) is 3.03. The summed E-state index contributed by atoms with van der Waals surface area (Å²) in [6, 6.07) is 9.54. The van der Waals surface area contributed by atoms with E-state index in [0.717, 1.165) is 16.3 Å². The van der Waals surface area contributed by atoms with Crippen LogP contribution in [0.5, 0.6) is 11.6 Å². The van der Waals surface area contributed by atoms with Crippen LogP contribution in [0.25, 0.3) is 0 Å². The van der Waals surface area contributed by atoms with Gasteiger partial charge in [0, 0.05) is 16.7 Å². The molecule has 0 fully saturated rings. The molecular formula is C12H11ClN2OS. The number of thioether (sulfide) groups is 1. The smallest absolute Gasteiger partial charge is 0.225 e. The summed E-state index contributed by atoms with van der Waals surface area (Å²) in [5, 5.41) is 0.196. The Balaban J connectivity index is 2.31. The lowest BCUT2D eigenvalue weighted by molar-refractivity contribution is 0.450. The summed E-state index contributed by atoms with van der Waals surface area (Å²) in [6.07, 6.45) is 2.00. The van der Waals surface area contributed by atoms with E-state index in [2.05, 4.69) is 9.97 Å². The van der Waals surface area contributed by atoms with Crippen molar-refractivity contribution in [2.75, 3.05) is 6.26 Å². The highest BCUT2D eigenvalue weighted by Crippen LogP contribution is 2.30. The summed E-state index contributed by atoms with van der Waals surface area (Å²) in [4.78, 5) is 9.07. The van der Waals surface area contributed by atoms with Crippen molar-refractivity contribution in [3.8, 4) is 11.6 Å². The van der Waals surface area contributed by atoms with Crippen LogP contribution in [-0.4, -0.2) is 16.2 Å². The van der Waals surface area contributed by atoms with Crippen molar-refractivity contribution in [2.45, 2.75) is 11.8 Å². The fourth-order valence-corrected chi connectivity index (χ4v) is 2.11. The number of aromatic nitrogens is 2. The minimum absolute atomic E-state index is 0.196. The maximum absolute atomic E-state index is 5.78. The molecule has 1 aromatic heterocycles. The van der Waals surface area contributed by atoms with Gasteiger partial charge < -0.3 is 4.74 Å². The first kappa shape index (κ1) is 12.2. The molecule has 1 aromatic carbocycles. The Labute approximate surface area is 109 Å². The molecule has 2 aromatic rings. The van der Waals surface area contributed by atoms with E-state index < -0.39 is 0 Å². The van der Waals surface area contributed by atoms with E-state index in [1.165, 1.54) is 0 Å². The number of nitrogens with zero attached hydrogens (tertiary/aromatic N) is 2. The van der Waals surface area contributed by atoms with E-state index in [1.54, 1.807) is 17.8 Å². The van der Waals surface area contributed by atoms with Gasteiger partial charge in [0.05, 0.1) is 0 Å². The first-order chi connectivity index (χ1) is 8.19. The number of para-hydroxylation sites is 1.